The first-order chi connectivity index (χ1) is 14.3. The highest BCUT2D eigenvalue weighted by atomic mass is 35.5. The molecule has 2 atom stereocenters. The van der Waals surface area contributed by atoms with Crippen LogP contribution < -0.4 is 0 Å². The smallest absolute Gasteiger partial charge is 0.176 e. The number of nitrogens with one attached hydrogen (secondary N) is 1. The molecule has 0 spiro atoms. The van der Waals surface area contributed by atoms with Gasteiger partial charge < -0.3 is 9.78 Å². The summed E-state index contributed by atoms with van der Waals surface area (Å²) in [6, 6.07) is 8.98. The van der Waals surface area contributed by atoms with Gasteiger partial charge in [-0.2, -0.15) is 0 Å². The fourth-order valence-electron chi connectivity index (χ4n) is 3.58. The van der Waals surface area contributed by atoms with Gasteiger partial charge in [-0.1, -0.05) is 31.0 Å². The van der Waals surface area contributed by atoms with Gasteiger partial charge >= 0.3 is 0 Å². The third kappa shape index (κ3) is 5.15. The normalized spacial score (nSPS) is 13.7. The van der Waals surface area contributed by atoms with Crippen LogP contribution in [0.4, 0.5) is 0 Å². The molecule has 2 heterocycles. The van der Waals surface area contributed by atoms with Crippen LogP contribution in [0, 0.1) is 5.92 Å². The SMILES string of the molecule is CCC(CC=O)CC(c1ccc(S(C)(=O)=O)c(Cl)c1)c1ccc(-c2cnccn2)[nH]1. The fraction of sp³-hybridized carbons (Fsp3) is 0.318. The molecule has 1 aromatic carbocycles. The van der Waals surface area contributed by atoms with Crippen molar-refractivity contribution in [3.05, 3.63) is 65.2 Å². The Kier molecular flexibility index (Phi) is 7.05. The summed E-state index contributed by atoms with van der Waals surface area (Å²) in [5, 5.41) is 0.198. The van der Waals surface area contributed by atoms with Gasteiger partial charge in [0.2, 0.25) is 0 Å². The van der Waals surface area contributed by atoms with Crippen LogP contribution in [0.5, 0.6) is 0 Å². The van der Waals surface area contributed by atoms with Crippen molar-refractivity contribution in [2.24, 2.45) is 5.92 Å². The standard InChI is InChI=1S/C22H24ClN3O3S/c1-3-15(8-11-27)12-17(16-4-7-22(18(23)13-16)30(2,28)29)19-5-6-20(26-19)21-14-24-9-10-25-21/h4-7,9-11,13-15,17,26H,3,8,12H2,1-2H3. The van der Waals surface area contributed by atoms with Crippen molar-refractivity contribution in [3.8, 4) is 11.4 Å². The molecule has 158 valence electrons. The molecule has 0 fully saturated rings. The van der Waals surface area contributed by atoms with Crippen molar-refractivity contribution in [2.45, 2.75) is 37.0 Å². The minimum Gasteiger partial charge on any atom is -0.357 e. The largest absolute Gasteiger partial charge is 0.357 e. The van der Waals surface area contributed by atoms with Crippen LogP contribution in [-0.2, 0) is 14.6 Å². The molecule has 8 heteroatoms. The highest BCUT2D eigenvalue weighted by Crippen LogP contribution is 2.36. The Bertz CT molecular complexity index is 1110. The highest BCUT2D eigenvalue weighted by molar-refractivity contribution is 7.90. The average molecular weight is 446 g/mol. The van der Waals surface area contributed by atoms with E-state index in [-0.39, 0.29) is 21.8 Å². The molecule has 0 saturated heterocycles. The number of halogens is 1. The predicted molar refractivity (Wildman–Crippen MR) is 117 cm³/mol. The summed E-state index contributed by atoms with van der Waals surface area (Å²) in [5.41, 5.74) is 3.41. The first-order valence-electron chi connectivity index (χ1n) is 9.72. The van der Waals surface area contributed by atoms with Gasteiger partial charge in [-0.05, 0) is 42.2 Å². The lowest BCUT2D eigenvalue weighted by atomic mass is 9.84. The van der Waals surface area contributed by atoms with Crippen molar-refractivity contribution >= 4 is 27.7 Å². The number of aromatic nitrogens is 3. The fourth-order valence-corrected chi connectivity index (χ4v) is 4.92. The molecular weight excluding hydrogens is 422 g/mol. The van der Waals surface area contributed by atoms with Crippen LogP contribution in [0.15, 0.2) is 53.8 Å². The van der Waals surface area contributed by atoms with Gasteiger partial charge in [0.15, 0.2) is 9.84 Å². The Morgan fingerprint density at radius 1 is 1.20 bits per heavy atom. The van der Waals surface area contributed by atoms with Gasteiger partial charge in [0.1, 0.15) is 12.0 Å². The topological polar surface area (TPSA) is 92.8 Å². The summed E-state index contributed by atoms with van der Waals surface area (Å²) in [7, 11) is -3.41. The minimum absolute atomic E-state index is 0.0774. The third-order valence-electron chi connectivity index (χ3n) is 5.26. The molecule has 0 aliphatic rings. The van der Waals surface area contributed by atoms with Crippen molar-refractivity contribution in [1.82, 2.24) is 15.0 Å². The van der Waals surface area contributed by atoms with Crippen molar-refractivity contribution in [3.63, 3.8) is 0 Å². The van der Waals surface area contributed by atoms with E-state index in [4.69, 9.17) is 11.6 Å². The summed E-state index contributed by atoms with van der Waals surface area (Å²) >= 11 is 6.31. The molecule has 6 nitrogen and oxygen atoms in total. The van der Waals surface area contributed by atoms with Gasteiger partial charge in [-0.15, -0.1) is 0 Å². The van der Waals surface area contributed by atoms with Crippen LogP contribution in [0.2, 0.25) is 5.02 Å². The molecule has 0 aliphatic heterocycles. The number of nitrogens with zero attached hydrogens (tertiary/aromatic N) is 2. The molecule has 0 aliphatic carbocycles. The van der Waals surface area contributed by atoms with Crippen LogP contribution in [0.25, 0.3) is 11.4 Å². The van der Waals surface area contributed by atoms with E-state index in [0.717, 1.165) is 48.0 Å². The van der Waals surface area contributed by atoms with E-state index in [9.17, 15) is 13.2 Å². The third-order valence-corrected chi connectivity index (χ3v) is 6.84. The Labute approximate surface area is 181 Å². The molecule has 0 bridgehead atoms. The second-order valence-electron chi connectivity index (χ2n) is 7.34. The molecular formula is C22H24ClN3O3S. The molecule has 2 unspecified atom stereocenters. The number of rotatable bonds is 9. The zero-order valence-corrected chi connectivity index (χ0v) is 18.4. The monoisotopic (exact) mass is 445 g/mol. The summed E-state index contributed by atoms with van der Waals surface area (Å²) in [6.45, 7) is 2.06. The van der Waals surface area contributed by atoms with E-state index >= 15 is 0 Å². The summed E-state index contributed by atoms with van der Waals surface area (Å²) in [6.07, 6.45) is 9.09. The van der Waals surface area contributed by atoms with Crippen molar-refractivity contribution < 1.29 is 13.2 Å². The number of hydrogen-bond donors (Lipinski definition) is 1. The lowest BCUT2D eigenvalue weighted by Crippen LogP contribution is -2.10. The Hall–Kier alpha value is -2.51. The van der Waals surface area contributed by atoms with Gasteiger partial charge in [0.25, 0.3) is 0 Å². The van der Waals surface area contributed by atoms with Gasteiger partial charge in [-0.3, -0.25) is 9.97 Å². The van der Waals surface area contributed by atoms with Crippen LogP contribution in [0.1, 0.15) is 43.4 Å². The first-order valence-corrected chi connectivity index (χ1v) is 12.0. The number of hydrogen-bond acceptors (Lipinski definition) is 5. The average Bonchev–Trinajstić information content (AvgIpc) is 3.20. The summed E-state index contributed by atoms with van der Waals surface area (Å²) < 4.78 is 23.9. The van der Waals surface area contributed by atoms with Gasteiger partial charge in [0.05, 0.1) is 21.8 Å². The van der Waals surface area contributed by atoms with Crippen molar-refractivity contribution in [2.75, 3.05) is 6.26 Å². The van der Waals surface area contributed by atoms with Crippen LogP contribution in [0.3, 0.4) is 0 Å². The maximum atomic E-state index is 11.9. The number of sulfone groups is 1. The summed E-state index contributed by atoms with van der Waals surface area (Å²) in [4.78, 5) is 23.1. The lowest BCUT2D eigenvalue weighted by Gasteiger charge is -2.22. The van der Waals surface area contributed by atoms with Crippen LogP contribution in [-0.4, -0.2) is 35.9 Å². The molecule has 30 heavy (non-hydrogen) atoms. The van der Waals surface area contributed by atoms with E-state index in [1.54, 1.807) is 36.8 Å². The quantitative estimate of drug-likeness (QED) is 0.483. The number of carbonyl (C=O) groups is 1. The van der Waals surface area contributed by atoms with E-state index in [1.165, 1.54) is 0 Å². The van der Waals surface area contributed by atoms with Gasteiger partial charge in [0, 0.05) is 36.7 Å². The minimum atomic E-state index is -3.41. The number of carbonyl (C=O) groups excluding carboxylic acids is 1. The maximum absolute atomic E-state index is 11.9. The predicted octanol–water partition coefficient (Wildman–Crippen LogP) is 4.67. The zero-order valence-electron chi connectivity index (χ0n) is 16.9. The number of aromatic amines is 1. The lowest BCUT2D eigenvalue weighted by molar-refractivity contribution is -0.108. The molecule has 1 N–H and O–H groups in total. The molecule has 0 radical (unpaired) electrons. The zero-order chi connectivity index (χ0) is 21.7. The molecule has 3 aromatic rings. The molecule has 0 amide bonds. The number of benzene rings is 1. The number of aldehydes is 1. The molecule has 3 rings (SSSR count). The van der Waals surface area contributed by atoms with Crippen molar-refractivity contribution in [1.29, 1.82) is 0 Å². The first kappa shape index (κ1) is 22.2. The van der Waals surface area contributed by atoms with E-state index in [0.29, 0.717) is 6.42 Å². The highest BCUT2D eigenvalue weighted by Gasteiger charge is 2.23. The molecule has 2 aromatic heterocycles. The number of H-pyrrole nitrogens is 1. The Balaban J connectivity index is 2.02. The van der Waals surface area contributed by atoms with E-state index < -0.39 is 9.84 Å². The molecule has 0 saturated carbocycles. The Morgan fingerprint density at radius 3 is 2.60 bits per heavy atom. The second kappa shape index (κ2) is 9.53. The van der Waals surface area contributed by atoms with Gasteiger partial charge in [-0.25, -0.2) is 8.42 Å². The van der Waals surface area contributed by atoms with E-state index in [2.05, 4.69) is 21.9 Å². The van der Waals surface area contributed by atoms with Crippen LogP contribution >= 0.6 is 11.6 Å². The summed E-state index contributed by atoms with van der Waals surface area (Å²) in [5.74, 6) is 0.121. The maximum Gasteiger partial charge on any atom is 0.176 e. The second-order valence-corrected chi connectivity index (χ2v) is 9.74. The van der Waals surface area contributed by atoms with E-state index in [1.807, 2.05) is 12.1 Å². The Morgan fingerprint density at radius 2 is 2.00 bits per heavy atom.